The van der Waals surface area contributed by atoms with Gasteiger partial charge in [0.2, 0.25) is 0 Å². The van der Waals surface area contributed by atoms with Crippen LogP contribution in [-0.4, -0.2) is 46.0 Å². The number of carboxylic acid groups (broad SMARTS) is 1. The summed E-state index contributed by atoms with van der Waals surface area (Å²) in [4.78, 5) is 15.3. The number of hydrogen-bond acceptors (Lipinski definition) is 6. The fraction of sp³-hybridized carbons (Fsp3) is 0.600. The second-order valence-corrected chi connectivity index (χ2v) is 4.43. The van der Waals surface area contributed by atoms with E-state index < -0.39 is 11.5 Å². The van der Waals surface area contributed by atoms with Crippen LogP contribution in [0.4, 0.5) is 0 Å². The van der Waals surface area contributed by atoms with Gasteiger partial charge in [-0.3, -0.25) is 0 Å². The summed E-state index contributed by atoms with van der Waals surface area (Å²) in [5, 5.41) is 24.7. The van der Waals surface area contributed by atoms with E-state index in [9.17, 15) is 9.90 Å². The van der Waals surface area contributed by atoms with Crippen molar-refractivity contribution in [2.75, 3.05) is 0 Å². The predicted octanol–water partition coefficient (Wildman–Crippen LogP) is 0.0837. The van der Waals surface area contributed by atoms with Gasteiger partial charge in [-0.15, -0.1) is 5.10 Å². The average Bonchev–Trinajstić information content (AvgIpc) is 3.07. The molecule has 2 aromatic heterocycles. The Kier molecular flexibility index (Phi) is 3.28. The van der Waals surface area contributed by atoms with Crippen molar-refractivity contribution in [2.45, 2.75) is 38.8 Å². The molecule has 102 valence electrons. The molecule has 0 amide bonds. The Hall–Kier alpha value is -2.32. The van der Waals surface area contributed by atoms with Gasteiger partial charge < -0.3 is 5.11 Å². The molecule has 9 nitrogen and oxygen atoms in total. The van der Waals surface area contributed by atoms with E-state index in [-0.39, 0.29) is 6.04 Å². The van der Waals surface area contributed by atoms with Gasteiger partial charge in [0.15, 0.2) is 11.4 Å². The summed E-state index contributed by atoms with van der Waals surface area (Å²) in [7, 11) is 0. The van der Waals surface area contributed by atoms with Crippen LogP contribution in [0.1, 0.15) is 39.1 Å². The summed E-state index contributed by atoms with van der Waals surface area (Å²) < 4.78 is 2.90. The number of tetrazole rings is 1. The molecule has 0 saturated heterocycles. The largest absolute Gasteiger partial charge is 0.479 e. The third kappa shape index (κ3) is 2.07. The van der Waals surface area contributed by atoms with E-state index in [4.69, 9.17) is 0 Å². The smallest absolute Gasteiger partial charge is 0.331 e. The lowest BCUT2D eigenvalue weighted by Crippen LogP contribution is -2.41. The van der Waals surface area contributed by atoms with Crippen LogP contribution in [0.2, 0.25) is 0 Å². The molecule has 0 aliphatic carbocycles. The normalized spacial score (nSPS) is 15.9. The minimum atomic E-state index is -1.19. The molecule has 2 atom stereocenters. The van der Waals surface area contributed by atoms with Crippen molar-refractivity contribution in [1.82, 2.24) is 35.0 Å². The first kappa shape index (κ1) is 13.1. The van der Waals surface area contributed by atoms with Crippen LogP contribution in [0.15, 0.2) is 12.7 Å². The van der Waals surface area contributed by atoms with Crippen molar-refractivity contribution in [3.05, 3.63) is 18.5 Å². The molecule has 0 bridgehead atoms. The Morgan fingerprint density at radius 3 is 2.84 bits per heavy atom. The Balaban J connectivity index is 2.45. The zero-order valence-corrected chi connectivity index (χ0v) is 10.9. The third-order valence-electron chi connectivity index (χ3n) is 3.32. The Bertz CT molecular complexity index is 564. The number of carbonyl (C=O) groups is 1. The molecule has 0 radical (unpaired) electrons. The van der Waals surface area contributed by atoms with Crippen LogP contribution < -0.4 is 0 Å². The molecule has 19 heavy (non-hydrogen) atoms. The monoisotopic (exact) mass is 265 g/mol. The van der Waals surface area contributed by atoms with E-state index in [0.29, 0.717) is 12.2 Å². The molecule has 0 saturated carbocycles. The van der Waals surface area contributed by atoms with Gasteiger partial charge in [0.05, 0.1) is 0 Å². The van der Waals surface area contributed by atoms with Gasteiger partial charge in [-0.05, 0) is 30.7 Å². The van der Waals surface area contributed by atoms with Crippen LogP contribution in [0.5, 0.6) is 0 Å². The maximum Gasteiger partial charge on any atom is 0.331 e. The van der Waals surface area contributed by atoms with Crippen molar-refractivity contribution in [3.8, 4) is 0 Å². The topological polar surface area (TPSA) is 112 Å². The van der Waals surface area contributed by atoms with Gasteiger partial charge in [-0.25, -0.2) is 19.1 Å². The minimum Gasteiger partial charge on any atom is -0.479 e. The Morgan fingerprint density at radius 2 is 2.32 bits per heavy atom. The summed E-state index contributed by atoms with van der Waals surface area (Å²) in [6, 6.07) is -0.303. The summed E-state index contributed by atoms with van der Waals surface area (Å²) in [6.45, 7) is 5.19. The molecule has 2 rings (SSSR count). The zero-order chi connectivity index (χ0) is 14.0. The maximum absolute atomic E-state index is 11.5. The lowest BCUT2D eigenvalue weighted by molar-refractivity contribution is -0.147. The lowest BCUT2D eigenvalue weighted by Gasteiger charge is -2.25. The van der Waals surface area contributed by atoms with Gasteiger partial charge in [0.1, 0.15) is 18.7 Å². The average molecular weight is 265 g/mol. The van der Waals surface area contributed by atoms with Crippen LogP contribution in [0.3, 0.4) is 0 Å². The molecular formula is C10H15N7O2. The summed E-state index contributed by atoms with van der Waals surface area (Å²) in [5.74, 6) is -0.549. The Morgan fingerprint density at radius 1 is 1.58 bits per heavy atom. The zero-order valence-electron chi connectivity index (χ0n) is 10.9. The molecular weight excluding hydrogens is 250 g/mol. The third-order valence-corrected chi connectivity index (χ3v) is 3.32. The summed E-state index contributed by atoms with van der Waals surface area (Å²) >= 11 is 0. The standard InChI is InChI=1S/C10H15N7O2/c1-4-10(3,9(18)19)17-8(13-14-15-17)7(2)16-6-11-5-12-16/h5-7H,4H2,1-3H3,(H,18,19). The lowest BCUT2D eigenvalue weighted by atomic mass is 9.99. The number of rotatable bonds is 5. The van der Waals surface area contributed by atoms with Crippen LogP contribution in [-0.2, 0) is 10.3 Å². The quantitative estimate of drug-likeness (QED) is 0.814. The van der Waals surface area contributed by atoms with Crippen molar-refractivity contribution in [1.29, 1.82) is 0 Å². The van der Waals surface area contributed by atoms with E-state index in [1.807, 2.05) is 6.92 Å². The van der Waals surface area contributed by atoms with E-state index in [1.54, 1.807) is 18.5 Å². The van der Waals surface area contributed by atoms with Crippen LogP contribution in [0, 0.1) is 0 Å². The fourth-order valence-electron chi connectivity index (χ4n) is 1.73. The number of aromatic nitrogens is 7. The summed E-state index contributed by atoms with van der Waals surface area (Å²) in [5.41, 5.74) is -1.19. The van der Waals surface area contributed by atoms with Crippen molar-refractivity contribution in [3.63, 3.8) is 0 Å². The van der Waals surface area contributed by atoms with Crippen molar-refractivity contribution < 1.29 is 9.90 Å². The molecule has 2 unspecified atom stereocenters. The van der Waals surface area contributed by atoms with E-state index >= 15 is 0 Å². The van der Waals surface area contributed by atoms with Gasteiger partial charge in [-0.1, -0.05) is 6.92 Å². The SMILES string of the molecule is CCC(C)(C(=O)O)n1nnnc1C(C)n1cncn1. The molecule has 0 aliphatic rings. The number of aliphatic carboxylic acids is 1. The fourth-order valence-corrected chi connectivity index (χ4v) is 1.73. The van der Waals surface area contributed by atoms with Gasteiger partial charge >= 0.3 is 5.97 Å². The molecule has 2 aromatic rings. The first-order valence-corrected chi connectivity index (χ1v) is 5.87. The highest BCUT2D eigenvalue weighted by Crippen LogP contribution is 2.24. The van der Waals surface area contributed by atoms with Crippen LogP contribution in [0.25, 0.3) is 0 Å². The highest BCUT2D eigenvalue weighted by Gasteiger charge is 2.38. The number of carboxylic acids is 1. The number of nitrogens with zero attached hydrogens (tertiary/aromatic N) is 7. The van der Waals surface area contributed by atoms with Gasteiger partial charge in [0.25, 0.3) is 0 Å². The molecule has 0 fully saturated rings. The van der Waals surface area contributed by atoms with Gasteiger partial charge in [0, 0.05) is 0 Å². The molecule has 0 spiro atoms. The molecule has 0 aliphatic heterocycles. The minimum absolute atomic E-state index is 0.303. The van der Waals surface area contributed by atoms with Crippen LogP contribution >= 0.6 is 0 Å². The summed E-state index contributed by atoms with van der Waals surface area (Å²) in [6.07, 6.45) is 3.30. The first-order chi connectivity index (χ1) is 9.00. The van der Waals surface area contributed by atoms with E-state index in [0.717, 1.165) is 0 Å². The first-order valence-electron chi connectivity index (χ1n) is 5.87. The second kappa shape index (κ2) is 4.75. The molecule has 9 heteroatoms. The molecule has 2 heterocycles. The molecule has 1 N–H and O–H groups in total. The van der Waals surface area contributed by atoms with E-state index in [2.05, 4.69) is 25.6 Å². The van der Waals surface area contributed by atoms with Crippen molar-refractivity contribution >= 4 is 5.97 Å². The molecule has 0 aromatic carbocycles. The second-order valence-electron chi connectivity index (χ2n) is 4.43. The highest BCUT2D eigenvalue weighted by molar-refractivity contribution is 5.76. The van der Waals surface area contributed by atoms with Gasteiger partial charge in [-0.2, -0.15) is 5.10 Å². The predicted molar refractivity (Wildman–Crippen MR) is 63.2 cm³/mol. The maximum atomic E-state index is 11.5. The Labute approximate surface area is 109 Å². The van der Waals surface area contributed by atoms with E-state index in [1.165, 1.54) is 17.3 Å². The number of hydrogen-bond donors (Lipinski definition) is 1. The highest BCUT2D eigenvalue weighted by atomic mass is 16.4. The van der Waals surface area contributed by atoms with Crippen molar-refractivity contribution in [2.24, 2.45) is 0 Å².